The third-order valence-electron chi connectivity index (χ3n) is 10.2. The van der Waals surface area contributed by atoms with E-state index in [-0.39, 0.29) is 48.8 Å². The molecule has 0 aromatic carbocycles. The fourth-order valence-corrected chi connectivity index (χ4v) is 6.52. The predicted molar refractivity (Wildman–Crippen MR) is 223 cm³/mol. The van der Waals surface area contributed by atoms with Gasteiger partial charge in [0.05, 0.1) is 6.61 Å². The predicted octanol–water partition coefficient (Wildman–Crippen LogP) is 1.12. The van der Waals surface area contributed by atoms with E-state index in [4.69, 9.17) is 0 Å². The number of amides is 8. The van der Waals surface area contributed by atoms with Crippen LogP contribution in [0.15, 0.2) is 0 Å². The first-order chi connectivity index (χ1) is 26.8. The van der Waals surface area contributed by atoms with Crippen LogP contribution < -0.4 is 21.3 Å². The van der Waals surface area contributed by atoms with Gasteiger partial charge in [-0.2, -0.15) is 0 Å². The van der Waals surface area contributed by atoms with E-state index >= 15 is 0 Å². The van der Waals surface area contributed by atoms with Crippen molar-refractivity contribution in [3.05, 3.63) is 0 Å². The van der Waals surface area contributed by atoms with E-state index in [1.165, 1.54) is 68.7 Å². The number of nitrogens with one attached hydrogen (secondary N) is 4. The standard InChI is InChI=1S/C41H76N8O9/c1-17-18-33(51)46(13)32(22-50)40(57)48(15)31(21-25(6)7)38(55)45-34(26(8)9)41(58)49(16)30(20-24(4)5)37(54)43-27(10)35(52)44-28(11)39(56)47(14)29(19-23(2)3)36(53)42-12/h23-32,34,50H,17-22H2,1-16H3,(H,42,53)(H,43,54)(H,44,52)(H,45,55)/t27-,28+,29-,30+,31-,32?,34-/m0/s1. The van der Waals surface area contributed by atoms with Gasteiger partial charge in [-0.1, -0.05) is 62.3 Å². The first kappa shape index (κ1) is 53.7. The second-order valence-corrected chi connectivity index (χ2v) is 17.0. The smallest absolute Gasteiger partial charge is 0.248 e. The fraction of sp³-hybridized carbons (Fsp3) is 0.805. The molecule has 8 amide bonds. The van der Waals surface area contributed by atoms with Gasteiger partial charge in [-0.05, 0) is 63.2 Å². The van der Waals surface area contributed by atoms with Crippen molar-refractivity contribution in [1.29, 1.82) is 0 Å². The van der Waals surface area contributed by atoms with Gasteiger partial charge < -0.3 is 46.0 Å². The van der Waals surface area contributed by atoms with Crippen molar-refractivity contribution >= 4 is 47.3 Å². The van der Waals surface area contributed by atoms with Crippen molar-refractivity contribution in [2.75, 3.05) is 41.8 Å². The normalized spacial score (nSPS) is 15.1. The lowest BCUT2D eigenvalue weighted by molar-refractivity contribution is -0.150. The van der Waals surface area contributed by atoms with Crippen LogP contribution in [0.4, 0.5) is 0 Å². The minimum absolute atomic E-state index is 0.0569. The molecule has 0 bridgehead atoms. The number of nitrogens with zero attached hydrogens (tertiary/aromatic N) is 4. The van der Waals surface area contributed by atoms with Crippen LogP contribution in [0.25, 0.3) is 0 Å². The Bertz CT molecular complexity index is 1400. The van der Waals surface area contributed by atoms with Crippen molar-refractivity contribution < 1.29 is 43.5 Å². The molecule has 334 valence electrons. The molecule has 58 heavy (non-hydrogen) atoms. The molecule has 0 heterocycles. The van der Waals surface area contributed by atoms with Crippen LogP contribution in [0.2, 0.25) is 0 Å². The maximum Gasteiger partial charge on any atom is 0.248 e. The lowest BCUT2D eigenvalue weighted by Crippen LogP contribution is -2.61. The van der Waals surface area contributed by atoms with E-state index in [1.807, 2.05) is 48.5 Å². The molecule has 17 heteroatoms. The first-order valence-corrected chi connectivity index (χ1v) is 20.6. The SMILES string of the molecule is CCCC(=O)N(C)C(CO)C(=O)N(C)[C@@H](CC(C)C)C(=O)N[C@H](C(=O)N(C)[C@H](CC(C)C)C(=O)N[C@@H](C)C(=O)N[C@H](C)C(=O)N(C)[C@@H](CC(C)C)C(=O)NC)C(C)C. The largest absolute Gasteiger partial charge is 0.394 e. The number of hydrogen-bond acceptors (Lipinski definition) is 9. The van der Waals surface area contributed by atoms with Crippen LogP contribution in [0.3, 0.4) is 0 Å². The molecule has 0 aromatic heterocycles. The topological polar surface area (TPSA) is 218 Å². The third kappa shape index (κ3) is 16.2. The molecule has 0 fully saturated rings. The van der Waals surface area contributed by atoms with Gasteiger partial charge in [0.25, 0.3) is 0 Å². The third-order valence-corrected chi connectivity index (χ3v) is 10.2. The molecule has 0 saturated carbocycles. The Morgan fingerprint density at radius 1 is 0.500 bits per heavy atom. The van der Waals surface area contributed by atoms with E-state index in [1.54, 1.807) is 13.8 Å². The number of hydrogen-bond donors (Lipinski definition) is 5. The summed E-state index contributed by atoms with van der Waals surface area (Å²) in [7, 11) is 7.30. The van der Waals surface area contributed by atoms with Gasteiger partial charge in [0, 0.05) is 41.7 Å². The highest BCUT2D eigenvalue weighted by Crippen LogP contribution is 2.19. The first-order valence-electron chi connectivity index (χ1n) is 20.6. The summed E-state index contributed by atoms with van der Waals surface area (Å²) in [5.74, 6) is -4.65. The summed E-state index contributed by atoms with van der Waals surface area (Å²) < 4.78 is 0. The van der Waals surface area contributed by atoms with Crippen LogP contribution in [-0.4, -0.2) is 156 Å². The summed E-state index contributed by atoms with van der Waals surface area (Å²) in [4.78, 5) is 112. The zero-order valence-corrected chi connectivity index (χ0v) is 38.1. The summed E-state index contributed by atoms with van der Waals surface area (Å²) >= 11 is 0. The molecule has 0 aliphatic heterocycles. The van der Waals surface area contributed by atoms with Gasteiger partial charge in [0.1, 0.15) is 42.3 Å². The number of rotatable bonds is 24. The molecule has 7 atom stereocenters. The van der Waals surface area contributed by atoms with Crippen LogP contribution in [0.1, 0.15) is 108 Å². The summed E-state index contributed by atoms with van der Waals surface area (Å²) in [5, 5.41) is 20.8. The van der Waals surface area contributed by atoms with Gasteiger partial charge in [0.15, 0.2) is 0 Å². The molecule has 1 unspecified atom stereocenters. The van der Waals surface area contributed by atoms with Gasteiger partial charge in [0.2, 0.25) is 47.3 Å². The maximum absolute atomic E-state index is 14.2. The van der Waals surface area contributed by atoms with Gasteiger partial charge >= 0.3 is 0 Å². The van der Waals surface area contributed by atoms with E-state index in [0.29, 0.717) is 12.8 Å². The number of aliphatic hydroxyl groups is 1. The number of carbonyl (C=O) groups is 8. The van der Waals surface area contributed by atoms with Crippen LogP contribution in [0.5, 0.6) is 0 Å². The van der Waals surface area contributed by atoms with Crippen LogP contribution >= 0.6 is 0 Å². The summed E-state index contributed by atoms with van der Waals surface area (Å²) in [5.41, 5.74) is 0. The second-order valence-electron chi connectivity index (χ2n) is 17.0. The molecule has 0 aliphatic rings. The summed E-state index contributed by atoms with van der Waals surface area (Å²) in [6.45, 7) is 19.0. The Kier molecular flexibility index (Phi) is 23.4. The van der Waals surface area contributed by atoms with Crippen molar-refractivity contribution in [1.82, 2.24) is 40.9 Å². The Balaban J connectivity index is 6.23. The van der Waals surface area contributed by atoms with Crippen molar-refractivity contribution in [3.63, 3.8) is 0 Å². The summed E-state index contributed by atoms with van der Waals surface area (Å²) in [6, 6.07) is -7.29. The minimum atomic E-state index is -1.21. The van der Waals surface area contributed by atoms with E-state index in [2.05, 4.69) is 21.3 Å². The monoisotopic (exact) mass is 825 g/mol. The van der Waals surface area contributed by atoms with Crippen molar-refractivity contribution in [2.45, 2.75) is 151 Å². The number of carbonyl (C=O) groups excluding carboxylic acids is 8. The highest BCUT2D eigenvalue weighted by molar-refractivity contribution is 5.97. The molecule has 5 N–H and O–H groups in total. The highest BCUT2D eigenvalue weighted by Gasteiger charge is 2.39. The van der Waals surface area contributed by atoms with Crippen LogP contribution in [0, 0.1) is 23.7 Å². The number of likely N-dealkylation sites (N-methyl/N-ethyl adjacent to an activating group) is 5. The lowest BCUT2D eigenvalue weighted by atomic mass is 9.96. The Morgan fingerprint density at radius 3 is 1.29 bits per heavy atom. The molecular formula is C41H76N8O9. The molecule has 0 aliphatic carbocycles. The quantitative estimate of drug-likeness (QED) is 0.0942. The summed E-state index contributed by atoms with van der Waals surface area (Å²) in [6.07, 6.45) is 1.60. The number of aliphatic hydroxyl groups excluding tert-OH is 1. The average molecular weight is 825 g/mol. The Labute approximate surface area is 347 Å². The maximum atomic E-state index is 14.2. The molecule has 0 rings (SSSR count). The van der Waals surface area contributed by atoms with Gasteiger partial charge in [-0.15, -0.1) is 0 Å². The van der Waals surface area contributed by atoms with Gasteiger partial charge in [-0.3, -0.25) is 38.4 Å². The fourth-order valence-electron chi connectivity index (χ4n) is 6.52. The molecule has 0 spiro atoms. The van der Waals surface area contributed by atoms with E-state index in [0.717, 1.165) is 0 Å². The van der Waals surface area contributed by atoms with E-state index < -0.39 is 90.3 Å². The van der Waals surface area contributed by atoms with Gasteiger partial charge in [-0.25, -0.2) is 0 Å². The zero-order valence-electron chi connectivity index (χ0n) is 38.1. The second kappa shape index (κ2) is 25.3. The van der Waals surface area contributed by atoms with E-state index in [9.17, 15) is 43.5 Å². The van der Waals surface area contributed by atoms with Crippen molar-refractivity contribution in [3.8, 4) is 0 Å². The zero-order chi connectivity index (χ0) is 45.4. The molecule has 0 saturated heterocycles. The molecule has 17 nitrogen and oxygen atoms in total. The lowest BCUT2D eigenvalue weighted by Gasteiger charge is -2.36. The van der Waals surface area contributed by atoms with Crippen molar-refractivity contribution in [2.24, 2.45) is 23.7 Å². The highest BCUT2D eigenvalue weighted by atomic mass is 16.3. The Morgan fingerprint density at radius 2 is 0.897 bits per heavy atom. The molecule has 0 aromatic rings. The average Bonchev–Trinajstić information content (AvgIpc) is 3.14. The molecular weight excluding hydrogens is 748 g/mol. The Hall–Kier alpha value is -4.28. The minimum Gasteiger partial charge on any atom is -0.394 e. The van der Waals surface area contributed by atoms with Crippen LogP contribution in [-0.2, 0) is 38.4 Å². The molecule has 0 radical (unpaired) electrons.